The molecule has 4 rings (SSSR count). The monoisotopic (exact) mass is 331 g/mol. The normalized spacial score (nSPS) is 25.1. The first-order valence-corrected chi connectivity index (χ1v) is 9.14. The molecule has 0 bridgehead atoms. The molecule has 2 saturated heterocycles. The van der Waals surface area contributed by atoms with Gasteiger partial charge in [-0.25, -0.2) is 9.37 Å². The van der Waals surface area contributed by atoms with Crippen molar-refractivity contribution in [1.29, 1.82) is 0 Å². The molecule has 2 aliphatic heterocycles. The second-order valence-corrected chi connectivity index (χ2v) is 7.96. The van der Waals surface area contributed by atoms with E-state index < -0.39 is 0 Å². The lowest BCUT2D eigenvalue weighted by Crippen LogP contribution is -2.28. The molecule has 0 radical (unpaired) electrons. The fourth-order valence-corrected chi connectivity index (χ4v) is 4.65. The van der Waals surface area contributed by atoms with E-state index in [2.05, 4.69) is 27.1 Å². The zero-order valence-corrected chi connectivity index (χ0v) is 14.2. The average molecular weight is 331 g/mol. The molecule has 0 spiro atoms. The maximum absolute atomic E-state index is 13.3. The average Bonchev–Trinajstić information content (AvgIpc) is 3.14. The molecule has 5 heteroatoms. The van der Waals surface area contributed by atoms with Crippen LogP contribution in [-0.4, -0.2) is 41.0 Å². The first-order valence-electron chi connectivity index (χ1n) is 8.26. The molecule has 0 saturated carbocycles. The summed E-state index contributed by atoms with van der Waals surface area (Å²) in [5, 5.41) is 3.33. The molecule has 2 fully saturated rings. The Bertz CT molecular complexity index is 672. The van der Waals surface area contributed by atoms with E-state index in [1.807, 2.05) is 6.07 Å². The van der Waals surface area contributed by atoms with Crippen molar-refractivity contribution in [1.82, 2.24) is 14.8 Å². The fraction of sp³-hybridized carbons (Fsp3) is 0.500. The highest BCUT2D eigenvalue weighted by molar-refractivity contribution is 7.09. The lowest BCUT2D eigenvalue weighted by molar-refractivity contribution is 0.245. The van der Waals surface area contributed by atoms with Crippen molar-refractivity contribution in [3.63, 3.8) is 0 Å². The second kappa shape index (κ2) is 6.30. The van der Waals surface area contributed by atoms with Crippen molar-refractivity contribution in [3.8, 4) is 0 Å². The van der Waals surface area contributed by atoms with Crippen LogP contribution in [0.4, 0.5) is 4.39 Å². The largest absolute Gasteiger partial charge is 0.298 e. The number of thiazole rings is 1. The molecule has 0 N–H and O–H groups in total. The van der Waals surface area contributed by atoms with E-state index in [1.54, 1.807) is 23.5 Å². The first-order chi connectivity index (χ1) is 11.2. The zero-order valence-electron chi connectivity index (χ0n) is 13.4. The van der Waals surface area contributed by atoms with Gasteiger partial charge < -0.3 is 0 Å². The van der Waals surface area contributed by atoms with Gasteiger partial charge in [0.15, 0.2) is 0 Å². The van der Waals surface area contributed by atoms with E-state index in [0.717, 1.165) is 48.6 Å². The molecule has 2 atom stereocenters. The van der Waals surface area contributed by atoms with Gasteiger partial charge in [0.25, 0.3) is 0 Å². The Kier molecular flexibility index (Phi) is 4.18. The van der Waals surface area contributed by atoms with Crippen molar-refractivity contribution in [3.05, 3.63) is 51.7 Å². The van der Waals surface area contributed by atoms with Gasteiger partial charge >= 0.3 is 0 Å². The molecule has 122 valence electrons. The van der Waals surface area contributed by atoms with Gasteiger partial charge in [0.05, 0.1) is 10.7 Å². The molecule has 3 nitrogen and oxygen atoms in total. The topological polar surface area (TPSA) is 19.4 Å². The van der Waals surface area contributed by atoms with Crippen molar-refractivity contribution in [2.75, 3.05) is 26.2 Å². The third-order valence-corrected chi connectivity index (χ3v) is 5.81. The fourth-order valence-electron chi connectivity index (χ4n) is 4.05. The Morgan fingerprint density at radius 1 is 1.13 bits per heavy atom. The van der Waals surface area contributed by atoms with E-state index >= 15 is 0 Å². The van der Waals surface area contributed by atoms with Crippen LogP contribution in [0.15, 0.2) is 29.6 Å². The number of likely N-dealkylation sites (tertiary alicyclic amines) is 2. The summed E-state index contributed by atoms with van der Waals surface area (Å²) in [6, 6.07) is 7.00. The van der Waals surface area contributed by atoms with Crippen LogP contribution >= 0.6 is 11.3 Å². The molecule has 3 heterocycles. The Morgan fingerprint density at radius 3 is 2.43 bits per heavy atom. The Hall–Kier alpha value is -1.30. The summed E-state index contributed by atoms with van der Waals surface area (Å²) < 4.78 is 13.3. The van der Waals surface area contributed by atoms with Crippen LogP contribution in [0, 0.1) is 24.6 Å². The Labute approximate surface area is 140 Å². The third kappa shape index (κ3) is 3.47. The number of aryl methyl sites for hydroxylation is 1. The zero-order chi connectivity index (χ0) is 15.8. The summed E-state index contributed by atoms with van der Waals surface area (Å²) in [6.45, 7) is 8.53. The van der Waals surface area contributed by atoms with Crippen molar-refractivity contribution in [2.45, 2.75) is 20.0 Å². The van der Waals surface area contributed by atoms with Gasteiger partial charge in [-0.05, 0) is 36.5 Å². The van der Waals surface area contributed by atoms with E-state index in [0.29, 0.717) is 0 Å². The van der Waals surface area contributed by atoms with Crippen LogP contribution in [-0.2, 0) is 13.1 Å². The van der Waals surface area contributed by atoms with Gasteiger partial charge in [-0.2, -0.15) is 0 Å². The summed E-state index contributed by atoms with van der Waals surface area (Å²) in [4.78, 5) is 9.60. The van der Waals surface area contributed by atoms with Crippen LogP contribution in [0.2, 0.25) is 0 Å². The maximum Gasteiger partial charge on any atom is 0.123 e. The number of benzene rings is 1. The standard InChI is InChI=1S/C18H22FN3S/c1-13-20-18(12-23-13)11-22-9-15-7-21(8-16(15)10-22)6-14-3-2-4-17(19)5-14/h2-5,12,15-16H,6-11H2,1H3. The summed E-state index contributed by atoms with van der Waals surface area (Å²) in [6.07, 6.45) is 0. The van der Waals surface area contributed by atoms with Crippen LogP contribution in [0.3, 0.4) is 0 Å². The molecule has 0 aliphatic carbocycles. The van der Waals surface area contributed by atoms with Gasteiger partial charge in [-0.15, -0.1) is 11.3 Å². The van der Waals surface area contributed by atoms with Crippen LogP contribution in [0.25, 0.3) is 0 Å². The van der Waals surface area contributed by atoms with Gasteiger partial charge in [-0.3, -0.25) is 9.80 Å². The third-order valence-electron chi connectivity index (χ3n) is 4.98. The summed E-state index contributed by atoms with van der Waals surface area (Å²) in [5.41, 5.74) is 2.30. The van der Waals surface area contributed by atoms with Gasteiger partial charge in [0.2, 0.25) is 0 Å². The SMILES string of the molecule is Cc1nc(CN2CC3CN(Cc4cccc(F)c4)CC3C2)cs1. The molecular formula is C18H22FN3S. The Balaban J connectivity index is 1.31. The lowest BCUT2D eigenvalue weighted by Gasteiger charge is -2.21. The maximum atomic E-state index is 13.3. The number of halogens is 1. The smallest absolute Gasteiger partial charge is 0.123 e. The van der Waals surface area contributed by atoms with Crippen molar-refractivity contribution >= 4 is 11.3 Å². The Morgan fingerprint density at radius 2 is 1.83 bits per heavy atom. The minimum absolute atomic E-state index is 0.133. The lowest BCUT2D eigenvalue weighted by atomic mass is 10.0. The number of rotatable bonds is 4. The minimum atomic E-state index is -0.133. The van der Waals surface area contributed by atoms with E-state index in [-0.39, 0.29) is 5.82 Å². The molecule has 1 aromatic carbocycles. The number of hydrogen-bond donors (Lipinski definition) is 0. The number of hydrogen-bond acceptors (Lipinski definition) is 4. The van der Waals surface area contributed by atoms with Crippen molar-refractivity contribution < 1.29 is 4.39 Å². The highest BCUT2D eigenvalue weighted by Crippen LogP contribution is 2.32. The molecule has 23 heavy (non-hydrogen) atoms. The van der Waals surface area contributed by atoms with E-state index in [4.69, 9.17) is 0 Å². The van der Waals surface area contributed by atoms with Gasteiger partial charge in [0.1, 0.15) is 5.82 Å². The van der Waals surface area contributed by atoms with Crippen LogP contribution < -0.4 is 0 Å². The van der Waals surface area contributed by atoms with Crippen molar-refractivity contribution in [2.24, 2.45) is 11.8 Å². The van der Waals surface area contributed by atoms with Crippen LogP contribution in [0.5, 0.6) is 0 Å². The first kappa shape index (κ1) is 15.2. The summed E-state index contributed by atoms with van der Waals surface area (Å²) in [7, 11) is 0. The van der Waals surface area contributed by atoms with E-state index in [1.165, 1.54) is 24.8 Å². The van der Waals surface area contributed by atoms with Gasteiger partial charge in [0, 0.05) is 44.6 Å². The predicted octanol–water partition coefficient (Wildman–Crippen LogP) is 3.15. The number of fused-ring (bicyclic) bond motifs is 1. The highest BCUT2D eigenvalue weighted by atomic mass is 32.1. The number of aromatic nitrogens is 1. The predicted molar refractivity (Wildman–Crippen MR) is 90.8 cm³/mol. The van der Waals surface area contributed by atoms with Gasteiger partial charge in [-0.1, -0.05) is 12.1 Å². The summed E-state index contributed by atoms with van der Waals surface area (Å²) >= 11 is 1.74. The quantitative estimate of drug-likeness (QED) is 0.858. The molecule has 1 aromatic heterocycles. The molecule has 2 unspecified atom stereocenters. The second-order valence-electron chi connectivity index (χ2n) is 6.90. The molecule has 0 amide bonds. The molecule has 2 aliphatic rings. The van der Waals surface area contributed by atoms with E-state index in [9.17, 15) is 4.39 Å². The summed E-state index contributed by atoms with van der Waals surface area (Å²) in [5.74, 6) is 1.37. The molecular weight excluding hydrogens is 309 g/mol. The molecule has 2 aromatic rings. The van der Waals surface area contributed by atoms with Crippen LogP contribution in [0.1, 0.15) is 16.3 Å². The highest BCUT2D eigenvalue weighted by Gasteiger charge is 2.39. The minimum Gasteiger partial charge on any atom is -0.298 e. The number of nitrogens with zero attached hydrogens (tertiary/aromatic N) is 3.